The molecule has 1 spiro atoms. The molecule has 12 aromatic rings. The van der Waals surface area contributed by atoms with Crippen molar-refractivity contribution >= 4 is 64.7 Å². The summed E-state index contributed by atoms with van der Waals surface area (Å²) in [7, 11) is 0. The summed E-state index contributed by atoms with van der Waals surface area (Å²) < 4.78 is 8.96. The first-order chi connectivity index (χ1) is 31.7. The number of para-hydroxylation sites is 4. The van der Waals surface area contributed by atoms with Gasteiger partial charge in [-0.3, -0.25) is 0 Å². The molecule has 0 atom stereocenters. The number of nitrogens with zero attached hydrogens (tertiary/aromatic N) is 2. The van der Waals surface area contributed by atoms with Crippen molar-refractivity contribution in [2.45, 2.75) is 5.41 Å². The van der Waals surface area contributed by atoms with Crippen LogP contribution in [0.1, 0.15) is 22.3 Å². The van der Waals surface area contributed by atoms with Gasteiger partial charge in [0.2, 0.25) is 0 Å². The van der Waals surface area contributed by atoms with Crippen LogP contribution in [0.4, 0.5) is 0 Å². The van der Waals surface area contributed by atoms with Crippen LogP contribution in [0.15, 0.2) is 206 Å². The number of rotatable bonds is 4. The average molecular weight is 851 g/mol. The van der Waals surface area contributed by atoms with E-state index in [9.17, 15) is 0 Å². The molecule has 0 fully saturated rings. The number of ether oxygens (including phenoxy) is 1. The third kappa shape index (κ3) is 5.26. The maximum absolute atomic E-state index is 6.59. The Balaban J connectivity index is 0.879. The highest BCUT2D eigenvalue weighted by Gasteiger charge is 2.51. The topological polar surface area (TPSA) is 35.0 Å². The summed E-state index contributed by atoms with van der Waals surface area (Å²) in [5.74, 6) is 1.81. The van der Waals surface area contributed by atoms with E-state index in [-0.39, 0.29) is 0 Å². The van der Waals surface area contributed by atoms with Crippen molar-refractivity contribution in [3.8, 4) is 66.0 Å². The van der Waals surface area contributed by atoms with E-state index in [0.29, 0.717) is 0 Å². The highest BCUT2D eigenvalue weighted by atomic mass is 32.1. The fraction of sp³-hybridized carbons (Fsp3) is 0.0169. The number of benzene rings is 10. The molecule has 0 radical (unpaired) electrons. The van der Waals surface area contributed by atoms with Crippen LogP contribution in [0.25, 0.3) is 96.5 Å². The van der Waals surface area contributed by atoms with Crippen molar-refractivity contribution in [1.82, 2.24) is 9.97 Å². The zero-order valence-corrected chi connectivity index (χ0v) is 35.9. The second kappa shape index (κ2) is 13.6. The van der Waals surface area contributed by atoms with Crippen LogP contribution >= 0.6 is 22.7 Å². The van der Waals surface area contributed by atoms with Gasteiger partial charge in [0, 0.05) is 22.3 Å². The molecule has 3 heterocycles. The monoisotopic (exact) mass is 850 g/mol. The molecular formula is C59H34N2OS2. The lowest BCUT2D eigenvalue weighted by Crippen LogP contribution is -2.32. The molecule has 2 aromatic heterocycles. The van der Waals surface area contributed by atoms with Crippen molar-refractivity contribution < 1.29 is 4.74 Å². The normalized spacial score (nSPS) is 13.2. The summed E-state index contributed by atoms with van der Waals surface area (Å²) in [5, 5.41) is 6.92. The quantitative estimate of drug-likeness (QED) is 0.166. The molecule has 5 heteroatoms. The Hall–Kier alpha value is -7.70. The van der Waals surface area contributed by atoms with E-state index < -0.39 is 5.41 Å². The first-order valence-corrected chi connectivity index (χ1v) is 23.2. The molecule has 64 heavy (non-hydrogen) atoms. The predicted molar refractivity (Wildman–Crippen MR) is 267 cm³/mol. The van der Waals surface area contributed by atoms with E-state index >= 15 is 0 Å². The first kappa shape index (κ1) is 35.9. The van der Waals surface area contributed by atoms with E-state index in [4.69, 9.17) is 14.7 Å². The maximum Gasteiger partial charge on any atom is 0.132 e. The van der Waals surface area contributed by atoms with Crippen LogP contribution in [0.5, 0.6) is 11.5 Å². The summed E-state index contributed by atoms with van der Waals surface area (Å²) in [6, 6.07) is 75.2. The fourth-order valence-corrected chi connectivity index (χ4v) is 12.4. The molecule has 0 bridgehead atoms. The third-order valence-electron chi connectivity index (χ3n) is 13.4. The Kier molecular flexibility index (Phi) is 7.65. The molecule has 14 rings (SSSR count). The van der Waals surface area contributed by atoms with Crippen LogP contribution in [0.2, 0.25) is 0 Å². The summed E-state index contributed by atoms with van der Waals surface area (Å²) >= 11 is 3.47. The molecule has 1 aliphatic carbocycles. The smallest absolute Gasteiger partial charge is 0.132 e. The van der Waals surface area contributed by atoms with Gasteiger partial charge in [-0.1, -0.05) is 133 Å². The van der Waals surface area contributed by atoms with Gasteiger partial charge in [0.05, 0.1) is 25.8 Å². The first-order valence-electron chi connectivity index (χ1n) is 21.6. The summed E-state index contributed by atoms with van der Waals surface area (Å²) in [6.45, 7) is 0. The largest absolute Gasteiger partial charge is 0.457 e. The molecule has 10 aromatic carbocycles. The van der Waals surface area contributed by atoms with Crippen LogP contribution in [0, 0.1) is 0 Å². The van der Waals surface area contributed by atoms with Crippen LogP contribution in [-0.2, 0) is 5.41 Å². The SMILES string of the molecule is c1ccc2c(c1)Oc1ccccc1C21c2ccccc2-c2ccc(-c3ccc4c(ccc5cc(-c6cc(-c7nc8ccccc8s7)cc(-c7nc8ccccc8s7)c6)ccc54)c3)cc21. The van der Waals surface area contributed by atoms with Crippen LogP contribution in [0.3, 0.4) is 0 Å². The number of fused-ring (bicyclic) bond motifs is 14. The van der Waals surface area contributed by atoms with E-state index in [0.717, 1.165) is 54.8 Å². The Bertz CT molecular complexity index is 3710. The average Bonchev–Trinajstić information content (AvgIpc) is 4.07. The second-order valence-corrected chi connectivity index (χ2v) is 18.9. The molecule has 0 N–H and O–H groups in total. The molecule has 3 nitrogen and oxygen atoms in total. The molecule has 2 aliphatic rings. The summed E-state index contributed by atoms with van der Waals surface area (Å²) in [6.07, 6.45) is 0. The van der Waals surface area contributed by atoms with E-state index in [1.807, 2.05) is 0 Å². The third-order valence-corrected chi connectivity index (χ3v) is 15.5. The molecular weight excluding hydrogens is 817 g/mol. The van der Waals surface area contributed by atoms with E-state index in [2.05, 4.69) is 206 Å². The number of hydrogen-bond acceptors (Lipinski definition) is 5. The predicted octanol–water partition coefficient (Wildman–Crippen LogP) is 16.3. The Morgan fingerprint density at radius 3 is 1.42 bits per heavy atom. The lowest BCUT2D eigenvalue weighted by molar-refractivity contribution is 0.436. The standard InChI is InChI=1S/C59H34N2OS2/c1-2-12-47-45(11-1)46-28-25-37(34-50(46)59(47)48-13-3-7-17-53(48)62-54-18-8-4-14-49(54)59)35-23-26-43-38(29-35)21-22-39-30-36(24-27-44(39)43)40-31-41(57-60-51-15-5-9-19-55(51)63-57)33-42(32-40)58-61-52-16-6-10-20-56(52)64-58/h1-34H. The summed E-state index contributed by atoms with van der Waals surface area (Å²) in [4.78, 5) is 10.1. The van der Waals surface area contributed by atoms with Crippen molar-refractivity contribution in [3.05, 3.63) is 229 Å². The maximum atomic E-state index is 6.59. The zero-order chi connectivity index (χ0) is 41.9. The minimum Gasteiger partial charge on any atom is -0.457 e. The lowest BCUT2D eigenvalue weighted by Gasteiger charge is -2.39. The Labute approximate surface area is 377 Å². The van der Waals surface area contributed by atoms with E-state index in [1.54, 1.807) is 22.7 Å². The van der Waals surface area contributed by atoms with Gasteiger partial charge in [-0.25, -0.2) is 9.97 Å². The lowest BCUT2D eigenvalue weighted by atomic mass is 9.66. The molecule has 1 aliphatic heterocycles. The van der Waals surface area contributed by atoms with Crippen molar-refractivity contribution in [3.63, 3.8) is 0 Å². The highest BCUT2D eigenvalue weighted by molar-refractivity contribution is 7.22. The number of aromatic nitrogens is 2. The van der Waals surface area contributed by atoms with Crippen LogP contribution < -0.4 is 4.74 Å². The van der Waals surface area contributed by atoms with Gasteiger partial charge >= 0.3 is 0 Å². The van der Waals surface area contributed by atoms with Crippen molar-refractivity contribution in [2.75, 3.05) is 0 Å². The van der Waals surface area contributed by atoms with Crippen molar-refractivity contribution in [1.29, 1.82) is 0 Å². The fourth-order valence-electron chi connectivity index (χ4n) is 10.5. The second-order valence-electron chi connectivity index (χ2n) is 16.9. The molecule has 298 valence electrons. The molecule has 0 amide bonds. The zero-order valence-electron chi connectivity index (χ0n) is 34.2. The van der Waals surface area contributed by atoms with Gasteiger partial charge in [-0.05, 0) is 139 Å². The van der Waals surface area contributed by atoms with Gasteiger partial charge < -0.3 is 4.74 Å². The highest BCUT2D eigenvalue weighted by Crippen LogP contribution is 2.62. The van der Waals surface area contributed by atoms with Crippen LogP contribution in [-0.4, -0.2) is 9.97 Å². The number of thiazole rings is 2. The molecule has 0 saturated carbocycles. The Morgan fingerprint density at radius 2 is 0.812 bits per heavy atom. The van der Waals surface area contributed by atoms with Gasteiger partial charge in [-0.15, -0.1) is 22.7 Å². The van der Waals surface area contributed by atoms with Gasteiger partial charge in [0.15, 0.2) is 0 Å². The minimum absolute atomic E-state index is 0.499. The summed E-state index contributed by atoms with van der Waals surface area (Å²) in [5.41, 5.74) is 15.9. The molecule has 0 unspecified atom stereocenters. The van der Waals surface area contributed by atoms with Gasteiger partial charge in [-0.2, -0.15) is 0 Å². The molecule has 0 saturated heterocycles. The Morgan fingerprint density at radius 1 is 0.344 bits per heavy atom. The van der Waals surface area contributed by atoms with Gasteiger partial charge in [0.25, 0.3) is 0 Å². The van der Waals surface area contributed by atoms with Gasteiger partial charge in [0.1, 0.15) is 21.5 Å². The van der Waals surface area contributed by atoms with E-state index in [1.165, 1.54) is 75.5 Å². The minimum atomic E-state index is -0.499. The number of hydrogen-bond donors (Lipinski definition) is 0. The van der Waals surface area contributed by atoms with Crippen molar-refractivity contribution in [2.24, 2.45) is 0 Å².